The van der Waals surface area contributed by atoms with Gasteiger partial charge in [0.05, 0.1) is 6.61 Å². The van der Waals surface area contributed by atoms with Crippen LogP contribution in [0.15, 0.2) is 36.4 Å². The van der Waals surface area contributed by atoms with Gasteiger partial charge in [0.25, 0.3) is 0 Å². The van der Waals surface area contributed by atoms with Crippen LogP contribution < -0.4 is 10.5 Å². The molecule has 2 aromatic carbocycles. The van der Waals surface area contributed by atoms with Crippen molar-refractivity contribution in [1.29, 1.82) is 0 Å². The van der Waals surface area contributed by atoms with Crippen molar-refractivity contribution >= 4 is 10.8 Å². The van der Waals surface area contributed by atoms with Crippen LogP contribution in [0, 0.1) is 5.92 Å². The number of benzene rings is 2. The molecule has 96 valence electrons. The smallest absolute Gasteiger partial charge is 0.124 e. The molecule has 3 N–H and O–H groups in total. The second-order valence-corrected chi connectivity index (χ2v) is 4.57. The lowest BCUT2D eigenvalue weighted by atomic mass is 10.0. The molecule has 1 atom stereocenters. The zero-order valence-electron chi connectivity index (χ0n) is 10.6. The van der Waals surface area contributed by atoms with Gasteiger partial charge in [-0.1, -0.05) is 37.3 Å². The van der Waals surface area contributed by atoms with Crippen LogP contribution in [0.25, 0.3) is 10.8 Å². The quantitative estimate of drug-likeness (QED) is 0.850. The Labute approximate surface area is 107 Å². The van der Waals surface area contributed by atoms with E-state index in [9.17, 15) is 0 Å². The maximum atomic E-state index is 9.01. The Morgan fingerprint density at radius 2 is 2.00 bits per heavy atom. The summed E-state index contributed by atoms with van der Waals surface area (Å²) in [4.78, 5) is 0. The van der Waals surface area contributed by atoms with Crippen LogP contribution in [0.5, 0.6) is 5.75 Å². The van der Waals surface area contributed by atoms with Crippen molar-refractivity contribution < 1.29 is 9.84 Å². The monoisotopic (exact) mass is 245 g/mol. The predicted molar refractivity (Wildman–Crippen MR) is 73.6 cm³/mol. The fourth-order valence-corrected chi connectivity index (χ4v) is 1.95. The molecule has 0 amide bonds. The van der Waals surface area contributed by atoms with Crippen LogP contribution in [0.2, 0.25) is 0 Å². The minimum absolute atomic E-state index is 0.127. The second kappa shape index (κ2) is 5.85. The Balaban J connectivity index is 2.33. The minimum Gasteiger partial charge on any atom is -0.493 e. The SMILES string of the molecule is CC(CO)COc1ccc2ccccc2c1CN. The van der Waals surface area contributed by atoms with Gasteiger partial charge in [-0.3, -0.25) is 0 Å². The first-order chi connectivity index (χ1) is 8.76. The average molecular weight is 245 g/mol. The summed E-state index contributed by atoms with van der Waals surface area (Å²) in [6.45, 7) is 3.03. The molecule has 18 heavy (non-hydrogen) atoms. The number of aliphatic hydroxyl groups excluding tert-OH is 1. The summed E-state index contributed by atoms with van der Waals surface area (Å²) in [6, 6.07) is 12.1. The van der Waals surface area contributed by atoms with E-state index in [1.165, 1.54) is 5.39 Å². The van der Waals surface area contributed by atoms with Gasteiger partial charge in [-0.05, 0) is 16.8 Å². The fourth-order valence-electron chi connectivity index (χ4n) is 1.95. The zero-order valence-corrected chi connectivity index (χ0v) is 10.6. The molecule has 2 rings (SSSR count). The molecule has 0 radical (unpaired) electrons. The van der Waals surface area contributed by atoms with E-state index >= 15 is 0 Å². The van der Waals surface area contributed by atoms with Crippen LogP contribution >= 0.6 is 0 Å². The van der Waals surface area contributed by atoms with E-state index in [4.69, 9.17) is 15.6 Å². The number of aliphatic hydroxyl groups is 1. The number of hydrogen-bond donors (Lipinski definition) is 2. The molecule has 0 spiro atoms. The average Bonchev–Trinajstić information content (AvgIpc) is 2.43. The van der Waals surface area contributed by atoms with E-state index in [2.05, 4.69) is 12.1 Å². The minimum atomic E-state index is 0.127. The van der Waals surface area contributed by atoms with Crippen LogP contribution in [-0.2, 0) is 6.54 Å². The molecular formula is C15H19NO2. The number of nitrogens with two attached hydrogens (primary N) is 1. The van der Waals surface area contributed by atoms with Crippen LogP contribution in [0.4, 0.5) is 0 Å². The predicted octanol–water partition coefficient (Wildman–Crippen LogP) is 2.31. The first-order valence-corrected chi connectivity index (χ1v) is 6.20. The summed E-state index contributed by atoms with van der Waals surface area (Å²) < 4.78 is 5.75. The maximum Gasteiger partial charge on any atom is 0.124 e. The van der Waals surface area contributed by atoms with Crippen molar-refractivity contribution in [2.75, 3.05) is 13.2 Å². The third-order valence-corrected chi connectivity index (χ3v) is 3.04. The van der Waals surface area contributed by atoms with Gasteiger partial charge in [0.1, 0.15) is 5.75 Å². The Bertz CT molecular complexity index is 525. The highest BCUT2D eigenvalue weighted by Crippen LogP contribution is 2.27. The number of ether oxygens (including phenoxy) is 1. The Kier molecular flexibility index (Phi) is 4.18. The number of fused-ring (bicyclic) bond motifs is 1. The molecule has 0 saturated carbocycles. The third-order valence-electron chi connectivity index (χ3n) is 3.04. The first kappa shape index (κ1) is 12.9. The van der Waals surface area contributed by atoms with Gasteiger partial charge in [-0.25, -0.2) is 0 Å². The molecule has 0 aliphatic rings. The van der Waals surface area contributed by atoms with Crippen molar-refractivity contribution in [2.45, 2.75) is 13.5 Å². The van der Waals surface area contributed by atoms with Crippen molar-refractivity contribution in [3.63, 3.8) is 0 Å². The van der Waals surface area contributed by atoms with E-state index in [-0.39, 0.29) is 12.5 Å². The van der Waals surface area contributed by atoms with E-state index in [0.29, 0.717) is 13.2 Å². The molecule has 2 aromatic rings. The van der Waals surface area contributed by atoms with Gasteiger partial charge in [-0.2, -0.15) is 0 Å². The third kappa shape index (κ3) is 2.63. The molecule has 3 heteroatoms. The summed E-state index contributed by atoms with van der Waals surface area (Å²) in [5, 5.41) is 11.3. The molecule has 3 nitrogen and oxygen atoms in total. The summed E-state index contributed by atoms with van der Waals surface area (Å²) >= 11 is 0. The van der Waals surface area contributed by atoms with Gasteiger partial charge in [-0.15, -0.1) is 0 Å². The van der Waals surface area contributed by atoms with Crippen molar-refractivity contribution in [2.24, 2.45) is 11.7 Å². The Morgan fingerprint density at radius 1 is 1.22 bits per heavy atom. The van der Waals surface area contributed by atoms with Gasteiger partial charge >= 0.3 is 0 Å². The lowest BCUT2D eigenvalue weighted by Gasteiger charge is -2.15. The van der Waals surface area contributed by atoms with E-state index in [1.54, 1.807) is 0 Å². The standard InChI is InChI=1S/C15H19NO2/c1-11(9-17)10-18-15-7-6-12-4-2-3-5-13(12)14(15)8-16/h2-7,11,17H,8-10,16H2,1H3. The molecule has 0 aromatic heterocycles. The number of hydrogen-bond acceptors (Lipinski definition) is 3. The highest BCUT2D eigenvalue weighted by molar-refractivity contribution is 5.87. The summed E-state index contributed by atoms with van der Waals surface area (Å²) in [5.74, 6) is 0.943. The fraction of sp³-hybridized carbons (Fsp3) is 0.333. The van der Waals surface area contributed by atoms with Crippen molar-refractivity contribution in [3.8, 4) is 5.75 Å². The van der Waals surface area contributed by atoms with Crippen molar-refractivity contribution in [3.05, 3.63) is 42.0 Å². The van der Waals surface area contributed by atoms with E-state index in [0.717, 1.165) is 16.7 Å². The molecule has 0 aliphatic carbocycles. The largest absolute Gasteiger partial charge is 0.493 e. The Hall–Kier alpha value is -1.58. The normalized spacial score (nSPS) is 12.6. The van der Waals surface area contributed by atoms with Crippen LogP contribution in [0.3, 0.4) is 0 Å². The van der Waals surface area contributed by atoms with Gasteiger partial charge in [0.2, 0.25) is 0 Å². The van der Waals surface area contributed by atoms with Crippen LogP contribution in [0.1, 0.15) is 12.5 Å². The van der Waals surface area contributed by atoms with Gasteiger partial charge in [0.15, 0.2) is 0 Å². The summed E-state index contributed by atoms with van der Waals surface area (Å²) in [6.07, 6.45) is 0. The second-order valence-electron chi connectivity index (χ2n) is 4.57. The lowest BCUT2D eigenvalue weighted by Crippen LogP contribution is -2.13. The molecule has 0 saturated heterocycles. The molecule has 1 unspecified atom stereocenters. The Morgan fingerprint density at radius 3 is 2.72 bits per heavy atom. The van der Waals surface area contributed by atoms with E-state index < -0.39 is 0 Å². The highest BCUT2D eigenvalue weighted by atomic mass is 16.5. The van der Waals surface area contributed by atoms with Crippen LogP contribution in [-0.4, -0.2) is 18.3 Å². The summed E-state index contributed by atoms with van der Waals surface area (Å²) in [7, 11) is 0. The molecular weight excluding hydrogens is 226 g/mol. The maximum absolute atomic E-state index is 9.01. The van der Waals surface area contributed by atoms with Crippen molar-refractivity contribution in [1.82, 2.24) is 0 Å². The lowest BCUT2D eigenvalue weighted by molar-refractivity contribution is 0.174. The van der Waals surface area contributed by atoms with Gasteiger partial charge in [0, 0.05) is 24.6 Å². The first-order valence-electron chi connectivity index (χ1n) is 6.20. The topological polar surface area (TPSA) is 55.5 Å². The van der Waals surface area contributed by atoms with E-state index in [1.807, 2.05) is 31.2 Å². The summed E-state index contributed by atoms with van der Waals surface area (Å²) in [5.41, 5.74) is 6.85. The zero-order chi connectivity index (χ0) is 13.0. The molecule has 0 fully saturated rings. The molecule has 0 aliphatic heterocycles. The number of rotatable bonds is 5. The van der Waals surface area contributed by atoms with Gasteiger partial charge < -0.3 is 15.6 Å². The highest BCUT2D eigenvalue weighted by Gasteiger charge is 2.08. The molecule has 0 bridgehead atoms. The molecule has 0 heterocycles.